The number of nitrogens with one attached hydrogen (secondary N) is 2. The van der Waals surface area contributed by atoms with Crippen molar-refractivity contribution in [1.29, 1.82) is 0 Å². The van der Waals surface area contributed by atoms with Gasteiger partial charge >= 0.3 is 6.09 Å². The largest absolute Gasteiger partial charge is 0.444 e. The molecule has 0 saturated carbocycles. The maximum Gasteiger partial charge on any atom is 0.408 e. The van der Waals surface area contributed by atoms with Gasteiger partial charge in [0.2, 0.25) is 5.91 Å². The molecule has 7 heteroatoms. The minimum Gasteiger partial charge on any atom is -0.444 e. The quantitative estimate of drug-likeness (QED) is 0.265. The van der Waals surface area contributed by atoms with Gasteiger partial charge in [-0.1, -0.05) is 97.1 Å². The first-order valence-corrected chi connectivity index (χ1v) is 13.0. The van der Waals surface area contributed by atoms with Gasteiger partial charge in [0, 0.05) is 6.42 Å². The zero-order valence-electron chi connectivity index (χ0n) is 21.9. The van der Waals surface area contributed by atoms with Crippen molar-refractivity contribution in [3.8, 4) is 0 Å². The Hall–Kier alpha value is -3.97. The number of rotatable bonds is 8. The molecule has 6 nitrogen and oxygen atoms in total. The molecule has 0 radical (unpaired) electrons. The predicted molar refractivity (Wildman–Crippen MR) is 157 cm³/mol. The van der Waals surface area contributed by atoms with E-state index in [2.05, 4.69) is 16.7 Å². The predicted octanol–water partition coefficient (Wildman–Crippen LogP) is 5.44. The molecule has 0 spiro atoms. The van der Waals surface area contributed by atoms with E-state index < -0.39 is 23.8 Å². The van der Waals surface area contributed by atoms with Gasteiger partial charge in [-0.05, 0) is 59.9 Å². The molecule has 0 saturated heterocycles. The normalized spacial score (nSPS) is 13.0. The minimum absolute atomic E-state index is 0.174. The van der Waals surface area contributed by atoms with Crippen molar-refractivity contribution >= 4 is 50.8 Å². The number of hydrogen-bond donors (Lipinski definition) is 3. The summed E-state index contributed by atoms with van der Waals surface area (Å²) in [4.78, 5) is 26.4. The summed E-state index contributed by atoms with van der Waals surface area (Å²) in [5, 5.41) is 10.1. The fraction of sp³-hybridized carbons (Fsp3) is 0.258. The van der Waals surface area contributed by atoms with Gasteiger partial charge in [-0.25, -0.2) is 4.79 Å². The molecule has 2 atom stereocenters. The van der Waals surface area contributed by atoms with Crippen molar-refractivity contribution in [2.45, 2.75) is 51.3 Å². The number of fused-ring (bicyclic) bond motifs is 2. The Morgan fingerprint density at radius 3 is 1.71 bits per heavy atom. The molecule has 4 rings (SSSR count). The molecule has 0 aliphatic carbocycles. The highest BCUT2D eigenvalue weighted by atomic mass is 32.1. The molecular weight excluding hydrogens is 494 g/mol. The summed E-state index contributed by atoms with van der Waals surface area (Å²) in [5.74, 6) is -0.386. The van der Waals surface area contributed by atoms with Gasteiger partial charge in [-0.15, -0.1) is 0 Å². The summed E-state index contributed by atoms with van der Waals surface area (Å²) in [6.07, 6.45) is 0.0385. The van der Waals surface area contributed by atoms with E-state index in [1.807, 2.05) is 78.9 Å². The molecular formula is C31H33N3O3S. The van der Waals surface area contributed by atoms with Crippen LogP contribution < -0.4 is 16.4 Å². The van der Waals surface area contributed by atoms with Gasteiger partial charge in [-0.2, -0.15) is 0 Å². The Morgan fingerprint density at radius 1 is 0.763 bits per heavy atom. The molecule has 0 heterocycles. The lowest BCUT2D eigenvalue weighted by atomic mass is 9.99. The Labute approximate surface area is 228 Å². The van der Waals surface area contributed by atoms with Crippen LogP contribution in [-0.4, -0.2) is 34.7 Å². The smallest absolute Gasteiger partial charge is 0.408 e. The van der Waals surface area contributed by atoms with E-state index in [0.29, 0.717) is 6.42 Å². The number of amides is 2. The van der Waals surface area contributed by atoms with Crippen LogP contribution in [0.1, 0.15) is 31.9 Å². The Bertz CT molecular complexity index is 1480. The fourth-order valence-corrected chi connectivity index (χ4v) is 4.50. The second-order valence-corrected chi connectivity index (χ2v) is 10.9. The molecule has 0 aliphatic rings. The van der Waals surface area contributed by atoms with E-state index >= 15 is 0 Å². The number of carbonyl (C=O) groups is 2. The molecule has 4 N–H and O–H groups in total. The van der Waals surface area contributed by atoms with Crippen LogP contribution in [0.25, 0.3) is 21.5 Å². The fourth-order valence-electron chi connectivity index (χ4n) is 4.36. The second-order valence-electron chi connectivity index (χ2n) is 10.4. The first-order chi connectivity index (χ1) is 18.1. The van der Waals surface area contributed by atoms with Crippen LogP contribution in [0.3, 0.4) is 0 Å². The van der Waals surface area contributed by atoms with E-state index in [-0.39, 0.29) is 17.3 Å². The molecule has 0 fully saturated rings. The van der Waals surface area contributed by atoms with Crippen LogP contribution in [-0.2, 0) is 22.4 Å². The second kappa shape index (κ2) is 11.6. The molecule has 4 aromatic rings. The highest BCUT2D eigenvalue weighted by Gasteiger charge is 2.27. The summed E-state index contributed by atoms with van der Waals surface area (Å²) < 4.78 is 5.43. The number of ether oxygens (including phenoxy) is 1. The third-order valence-corrected chi connectivity index (χ3v) is 6.46. The maximum atomic E-state index is 13.5. The Morgan fingerprint density at radius 2 is 1.24 bits per heavy atom. The van der Waals surface area contributed by atoms with Crippen molar-refractivity contribution < 1.29 is 14.3 Å². The van der Waals surface area contributed by atoms with Crippen molar-refractivity contribution in [3.05, 3.63) is 96.1 Å². The Kier molecular flexibility index (Phi) is 8.27. The van der Waals surface area contributed by atoms with Crippen LogP contribution in [0.5, 0.6) is 0 Å². The molecule has 2 amide bonds. The zero-order chi connectivity index (χ0) is 27.3. The molecule has 0 unspecified atom stereocenters. The molecule has 0 bridgehead atoms. The van der Waals surface area contributed by atoms with E-state index in [1.165, 1.54) is 0 Å². The minimum atomic E-state index is -0.889. The van der Waals surface area contributed by atoms with Crippen LogP contribution in [0, 0.1) is 0 Å². The topological polar surface area (TPSA) is 93.4 Å². The van der Waals surface area contributed by atoms with E-state index in [0.717, 1.165) is 32.7 Å². The van der Waals surface area contributed by atoms with Gasteiger partial charge in [0.15, 0.2) is 0 Å². The first kappa shape index (κ1) is 27.1. The first-order valence-electron chi connectivity index (χ1n) is 12.6. The van der Waals surface area contributed by atoms with Crippen molar-refractivity contribution in [3.63, 3.8) is 0 Å². The highest BCUT2D eigenvalue weighted by molar-refractivity contribution is 7.80. The van der Waals surface area contributed by atoms with Crippen molar-refractivity contribution in [2.24, 2.45) is 5.73 Å². The zero-order valence-corrected chi connectivity index (χ0v) is 22.7. The van der Waals surface area contributed by atoms with Gasteiger partial charge in [0.05, 0.1) is 11.0 Å². The van der Waals surface area contributed by atoms with Gasteiger partial charge < -0.3 is 21.1 Å². The third kappa shape index (κ3) is 7.29. The number of hydrogen-bond acceptors (Lipinski definition) is 4. The van der Waals surface area contributed by atoms with Gasteiger partial charge in [-0.3, -0.25) is 4.79 Å². The number of thiocarbonyl (C=S) groups is 1. The van der Waals surface area contributed by atoms with Crippen LogP contribution >= 0.6 is 12.2 Å². The molecule has 0 aromatic heterocycles. The number of benzene rings is 4. The summed E-state index contributed by atoms with van der Waals surface area (Å²) in [5.41, 5.74) is 7.24. The summed E-state index contributed by atoms with van der Waals surface area (Å²) in [7, 11) is 0. The van der Waals surface area contributed by atoms with Crippen molar-refractivity contribution in [2.75, 3.05) is 0 Å². The lowest BCUT2D eigenvalue weighted by molar-refractivity contribution is -0.123. The highest BCUT2D eigenvalue weighted by Crippen LogP contribution is 2.19. The number of carbonyl (C=O) groups excluding carboxylic acids is 2. The van der Waals surface area contributed by atoms with Crippen LogP contribution in [0.2, 0.25) is 0 Å². The van der Waals surface area contributed by atoms with Gasteiger partial charge in [0.1, 0.15) is 11.6 Å². The summed E-state index contributed by atoms with van der Waals surface area (Å²) in [6, 6.07) is 26.7. The van der Waals surface area contributed by atoms with E-state index in [9.17, 15) is 9.59 Å². The average molecular weight is 528 g/mol. The molecule has 0 aliphatic heterocycles. The molecule has 4 aromatic carbocycles. The standard InChI is InChI=1S/C31H33N3O3S/c1-31(2,3)37-30(36)34-27(19-21-13-15-23-9-5-7-11-25(23)17-21)29(35)33-26(28(32)38)18-20-12-14-22-8-4-6-10-24(22)16-20/h4-17,26-27H,18-19H2,1-3H3,(H2,32,38)(H,33,35)(H,34,36)/t26-,27-/m1/s1. The van der Waals surface area contributed by atoms with Crippen molar-refractivity contribution in [1.82, 2.24) is 10.6 Å². The molecule has 38 heavy (non-hydrogen) atoms. The average Bonchev–Trinajstić information content (AvgIpc) is 2.86. The van der Waals surface area contributed by atoms with Crippen LogP contribution in [0.4, 0.5) is 4.79 Å². The summed E-state index contributed by atoms with van der Waals surface area (Å²) >= 11 is 5.31. The number of nitrogens with two attached hydrogens (primary N) is 1. The number of alkyl carbamates (subject to hydrolysis) is 1. The third-order valence-electron chi connectivity index (χ3n) is 6.17. The van der Waals surface area contributed by atoms with Gasteiger partial charge in [0.25, 0.3) is 0 Å². The lowest BCUT2D eigenvalue weighted by Crippen LogP contribution is -2.54. The summed E-state index contributed by atoms with van der Waals surface area (Å²) in [6.45, 7) is 5.33. The van der Waals surface area contributed by atoms with Crippen LogP contribution in [0.15, 0.2) is 84.9 Å². The molecule has 196 valence electrons. The SMILES string of the molecule is CC(C)(C)OC(=O)N[C@H](Cc1ccc2ccccc2c1)C(=O)N[C@H](Cc1ccc2ccccc2c1)C(N)=S. The van der Waals surface area contributed by atoms with E-state index in [1.54, 1.807) is 20.8 Å². The maximum absolute atomic E-state index is 13.5. The Balaban J connectivity index is 1.54. The lowest BCUT2D eigenvalue weighted by Gasteiger charge is -2.25. The monoisotopic (exact) mass is 527 g/mol. The van der Waals surface area contributed by atoms with E-state index in [4.69, 9.17) is 22.7 Å².